The highest BCUT2D eigenvalue weighted by molar-refractivity contribution is 9.10. The van der Waals surface area contributed by atoms with Crippen LogP contribution < -0.4 is 5.32 Å². The summed E-state index contributed by atoms with van der Waals surface area (Å²) in [5.41, 5.74) is 3.85. The fraction of sp³-hybridized carbons (Fsp3) is 0.0385. The van der Waals surface area contributed by atoms with Crippen LogP contribution in [0.4, 0.5) is 5.13 Å². The Balaban J connectivity index is 1.46. The molecule has 1 amide bonds. The molecule has 0 radical (unpaired) electrons. The maximum absolute atomic E-state index is 13.4. The molecular formula is C26H16BrCl2N3OS. The molecule has 168 valence electrons. The van der Waals surface area contributed by atoms with Gasteiger partial charge < -0.3 is 0 Å². The number of nitrogens with zero attached hydrogens (tertiary/aromatic N) is 2. The normalized spacial score (nSPS) is 11.0. The van der Waals surface area contributed by atoms with Gasteiger partial charge in [0.2, 0.25) is 0 Å². The molecule has 0 saturated heterocycles. The van der Waals surface area contributed by atoms with Crippen molar-refractivity contribution in [3.63, 3.8) is 0 Å². The highest BCUT2D eigenvalue weighted by Crippen LogP contribution is 2.30. The Kier molecular flexibility index (Phi) is 6.66. The van der Waals surface area contributed by atoms with Gasteiger partial charge in [0.15, 0.2) is 5.13 Å². The molecule has 0 bridgehead atoms. The molecule has 0 atom stereocenters. The molecule has 8 heteroatoms. The second-order valence-electron chi connectivity index (χ2n) is 7.58. The number of amides is 1. The predicted molar refractivity (Wildman–Crippen MR) is 144 cm³/mol. The number of hydrogen-bond acceptors (Lipinski definition) is 4. The first-order valence-corrected chi connectivity index (χ1v) is 12.7. The summed E-state index contributed by atoms with van der Waals surface area (Å²) < 4.78 is 0.873. The van der Waals surface area contributed by atoms with E-state index in [9.17, 15) is 4.79 Å². The van der Waals surface area contributed by atoms with E-state index in [1.165, 1.54) is 11.3 Å². The summed E-state index contributed by atoms with van der Waals surface area (Å²) in [6.45, 7) is 0. The van der Waals surface area contributed by atoms with E-state index in [2.05, 4.69) is 26.2 Å². The van der Waals surface area contributed by atoms with E-state index in [4.69, 9.17) is 28.2 Å². The van der Waals surface area contributed by atoms with Crippen LogP contribution >= 0.6 is 50.5 Å². The van der Waals surface area contributed by atoms with Gasteiger partial charge in [-0.25, -0.2) is 9.97 Å². The molecule has 0 aliphatic heterocycles. The van der Waals surface area contributed by atoms with Crippen LogP contribution in [-0.4, -0.2) is 15.9 Å². The first-order valence-electron chi connectivity index (χ1n) is 10.3. The molecule has 2 aromatic heterocycles. The number of rotatable bonds is 5. The van der Waals surface area contributed by atoms with Gasteiger partial charge >= 0.3 is 0 Å². The van der Waals surface area contributed by atoms with Gasteiger partial charge in [0.1, 0.15) is 0 Å². The van der Waals surface area contributed by atoms with Gasteiger partial charge in [-0.15, -0.1) is 11.3 Å². The fourth-order valence-electron chi connectivity index (χ4n) is 3.62. The van der Waals surface area contributed by atoms with Crippen molar-refractivity contribution in [1.82, 2.24) is 9.97 Å². The summed E-state index contributed by atoms with van der Waals surface area (Å²) in [6, 6.07) is 22.7. The second-order valence-corrected chi connectivity index (χ2v) is 10.5. The van der Waals surface area contributed by atoms with Crippen LogP contribution in [0.3, 0.4) is 0 Å². The van der Waals surface area contributed by atoms with E-state index < -0.39 is 0 Å². The van der Waals surface area contributed by atoms with Gasteiger partial charge in [-0.3, -0.25) is 10.1 Å². The number of anilines is 1. The average Bonchev–Trinajstić information content (AvgIpc) is 3.28. The molecule has 2 heterocycles. The monoisotopic (exact) mass is 567 g/mol. The summed E-state index contributed by atoms with van der Waals surface area (Å²) in [4.78, 5) is 23.5. The van der Waals surface area contributed by atoms with Crippen molar-refractivity contribution in [3.05, 3.63) is 110 Å². The quantitative estimate of drug-likeness (QED) is 0.232. The second kappa shape index (κ2) is 9.84. The van der Waals surface area contributed by atoms with Crippen molar-refractivity contribution in [1.29, 1.82) is 0 Å². The van der Waals surface area contributed by atoms with Crippen molar-refractivity contribution in [2.24, 2.45) is 0 Å². The number of benzene rings is 3. The molecule has 0 spiro atoms. The molecule has 4 nitrogen and oxygen atoms in total. The van der Waals surface area contributed by atoms with E-state index in [-0.39, 0.29) is 5.91 Å². The van der Waals surface area contributed by atoms with Crippen molar-refractivity contribution >= 4 is 72.4 Å². The molecule has 5 rings (SSSR count). The molecular weight excluding hydrogens is 553 g/mol. The van der Waals surface area contributed by atoms with Gasteiger partial charge in [0.05, 0.1) is 16.8 Å². The van der Waals surface area contributed by atoms with E-state index in [1.807, 2.05) is 60.7 Å². The van der Waals surface area contributed by atoms with Gasteiger partial charge in [-0.2, -0.15) is 0 Å². The predicted octanol–water partition coefficient (Wildman–Crippen LogP) is 8.27. The maximum Gasteiger partial charge on any atom is 0.258 e. The largest absolute Gasteiger partial charge is 0.298 e. The lowest BCUT2D eigenvalue weighted by Crippen LogP contribution is -2.13. The van der Waals surface area contributed by atoms with E-state index in [0.717, 1.165) is 37.1 Å². The van der Waals surface area contributed by atoms with Crippen LogP contribution in [-0.2, 0) is 6.42 Å². The van der Waals surface area contributed by atoms with Crippen molar-refractivity contribution in [2.75, 3.05) is 5.32 Å². The average molecular weight is 569 g/mol. The van der Waals surface area contributed by atoms with Gasteiger partial charge in [0, 0.05) is 43.0 Å². The standard InChI is InChI=1S/C26H16BrCl2N3OS/c27-17-6-9-23-20(12-17)21(13-24(31-23)15-4-2-1-3-5-15)25(33)32-26-30-14-19(34-26)11-16-10-18(28)7-8-22(16)29/h1-10,12-14H,11H2,(H,30,32,33). The van der Waals surface area contributed by atoms with Gasteiger partial charge in [-0.1, -0.05) is 69.5 Å². The van der Waals surface area contributed by atoms with Crippen LogP contribution in [0.25, 0.3) is 22.2 Å². The number of nitrogens with one attached hydrogen (secondary N) is 1. The Hall–Kier alpha value is -2.77. The van der Waals surface area contributed by atoms with Crippen LogP contribution in [0, 0.1) is 0 Å². The molecule has 5 aromatic rings. The summed E-state index contributed by atoms with van der Waals surface area (Å²) >= 11 is 17.3. The lowest BCUT2D eigenvalue weighted by Gasteiger charge is -2.10. The summed E-state index contributed by atoms with van der Waals surface area (Å²) in [5.74, 6) is -0.246. The van der Waals surface area contributed by atoms with E-state index >= 15 is 0 Å². The van der Waals surface area contributed by atoms with Crippen molar-refractivity contribution in [2.45, 2.75) is 6.42 Å². The van der Waals surface area contributed by atoms with Gasteiger partial charge in [-0.05, 0) is 48.0 Å². The van der Waals surface area contributed by atoms with Crippen LogP contribution in [0.1, 0.15) is 20.8 Å². The third-order valence-electron chi connectivity index (χ3n) is 5.23. The number of carbonyl (C=O) groups excluding carboxylic acids is 1. The van der Waals surface area contributed by atoms with E-state index in [0.29, 0.717) is 27.2 Å². The summed E-state index contributed by atoms with van der Waals surface area (Å²) in [5, 5.41) is 5.49. The smallest absolute Gasteiger partial charge is 0.258 e. The third kappa shape index (κ3) is 5.00. The van der Waals surface area contributed by atoms with Crippen molar-refractivity contribution < 1.29 is 4.79 Å². The number of halogens is 3. The van der Waals surface area contributed by atoms with Crippen molar-refractivity contribution in [3.8, 4) is 11.3 Å². The zero-order chi connectivity index (χ0) is 23.7. The molecule has 0 saturated carbocycles. The Morgan fingerprint density at radius 3 is 2.65 bits per heavy atom. The number of carbonyl (C=O) groups is 1. The number of pyridine rings is 1. The Morgan fingerprint density at radius 1 is 1.00 bits per heavy atom. The first kappa shape index (κ1) is 23.0. The first-order chi connectivity index (χ1) is 16.5. The molecule has 34 heavy (non-hydrogen) atoms. The number of fused-ring (bicyclic) bond motifs is 1. The molecule has 3 aromatic carbocycles. The Bertz CT molecular complexity index is 1520. The topological polar surface area (TPSA) is 54.9 Å². The van der Waals surface area contributed by atoms with Crippen LogP contribution in [0.2, 0.25) is 10.0 Å². The number of hydrogen-bond donors (Lipinski definition) is 1. The van der Waals surface area contributed by atoms with Crippen LogP contribution in [0.15, 0.2) is 83.5 Å². The lowest BCUT2D eigenvalue weighted by atomic mass is 10.0. The molecule has 0 fully saturated rings. The molecule has 0 unspecified atom stereocenters. The molecule has 0 aliphatic carbocycles. The number of thiazole rings is 1. The molecule has 0 aliphatic rings. The highest BCUT2D eigenvalue weighted by Gasteiger charge is 2.16. The minimum Gasteiger partial charge on any atom is -0.298 e. The van der Waals surface area contributed by atoms with E-state index in [1.54, 1.807) is 18.3 Å². The third-order valence-corrected chi connectivity index (χ3v) is 7.24. The maximum atomic E-state index is 13.4. The van der Waals surface area contributed by atoms with Crippen LogP contribution in [0.5, 0.6) is 0 Å². The minimum atomic E-state index is -0.246. The summed E-state index contributed by atoms with van der Waals surface area (Å²) in [6.07, 6.45) is 2.32. The zero-order valence-electron chi connectivity index (χ0n) is 17.6. The highest BCUT2D eigenvalue weighted by atomic mass is 79.9. The minimum absolute atomic E-state index is 0.246. The summed E-state index contributed by atoms with van der Waals surface area (Å²) in [7, 11) is 0. The fourth-order valence-corrected chi connectivity index (χ4v) is 5.19. The SMILES string of the molecule is O=C(Nc1ncc(Cc2cc(Cl)ccc2Cl)s1)c1cc(-c2ccccc2)nc2ccc(Br)cc12. The lowest BCUT2D eigenvalue weighted by molar-refractivity contribution is 0.102. The number of aromatic nitrogens is 2. The zero-order valence-corrected chi connectivity index (χ0v) is 21.5. The van der Waals surface area contributed by atoms with Gasteiger partial charge in [0.25, 0.3) is 5.91 Å². The Morgan fingerprint density at radius 2 is 1.82 bits per heavy atom. The molecule has 1 N–H and O–H groups in total. The Labute approximate surface area is 218 Å².